The number of unbranched alkanes of at least 4 members (excludes halogenated alkanes) is 3. The molecule has 0 radical (unpaired) electrons. The molecule has 0 amide bonds. The zero-order chi connectivity index (χ0) is 15.4. The Morgan fingerprint density at radius 3 is 2.64 bits per heavy atom. The first-order valence-corrected chi connectivity index (χ1v) is 8.82. The minimum atomic E-state index is 0.238. The maximum atomic E-state index is 6.23. The summed E-state index contributed by atoms with van der Waals surface area (Å²) in [5.41, 5.74) is 2.99. The molecule has 2 heteroatoms. The zero-order valence-corrected chi connectivity index (χ0v) is 13.9. The Kier molecular flexibility index (Phi) is 4.87. The van der Waals surface area contributed by atoms with Crippen LogP contribution >= 0.6 is 0 Å². The highest BCUT2D eigenvalue weighted by molar-refractivity contribution is 5.65. The summed E-state index contributed by atoms with van der Waals surface area (Å²) in [6, 6.07) is 8.73. The number of hydrogen-bond donors (Lipinski definition) is 0. The molecule has 22 heavy (non-hydrogen) atoms. The Morgan fingerprint density at radius 2 is 1.95 bits per heavy atom. The molecule has 1 saturated heterocycles. The van der Waals surface area contributed by atoms with Crippen molar-refractivity contribution < 1.29 is 9.47 Å². The molecule has 0 aromatic heterocycles. The molecule has 1 unspecified atom stereocenters. The molecule has 1 aromatic rings. The van der Waals surface area contributed by atoms with Crippen molar-refractivity contribution in [1.29, 1.82) is 0 Å². The van der Waals surface area contributed by atoms with Crippen LogP contribution in [-0.2, 0) is 9.47 Å². The second-order valence-electron chi connectivity index (χ2n) is 6.73. The summed E-state index contributed by atoms with van der Waals surface area (Å²) in [4.78, 5) is 0. The van der Waals surface area contributed by atoms with Crippen molar-refractivity contribution in [2.75, 3.05) is 19.8 Å². The average molecular weight is 300 g/mol. The van der Waals surface area contributed by atoms with E-state index in [1.54, 1.807) is 0 Å². The molecule has 2 nitrogen and oxygen atoms in total. The Bertz CT molecular complexity index is 523. The highest BCUT2D eigenvalue weighted by atomic mass is 16.5. The molecule has 1 atom stereocenters. The van der Waals surface area contributed by atoms with Gasteiger partial charge in [0.05, 0.1) is 25.7 Å². The second kappa shape index (κ2) is 6.87. The number of rotatable bonds is 8. The second-order valence-corrected chi connectivity index (χ2v) is 6.73. The third kappa shape index (κ3) is 2.81. The van der Waals surface area contributed by atoms with Crippen molar-refractivity contribution in [3.8, 4) is 0 Å². The predicted molar refractivity (Wildman–Crippen MR) is 90.8 cm³/mol. The average Bonchev–Trinajstić information content (AvgIpc) is 2.86. The Balaban J connectivity index is 1.73. The minimum Gasteiger partial charge on any atom is -0.497 e. The molecule has 2 aliphatic rings. The fraction of sp³-hybridized carbons (Fsp3) is 0.600. The van der Waals surface area contributed by atoms with Gasteiger partial charge < -0.3 is 9.47 Å². The van der Waals surface area contributed by atoms with Gasteiger partial charge in [0.2, 0.25) is 0 Å². The molecule has 3 rings (SSSR count). The maximum Gasteiger partial charge on any atom is 0.105 e. The summed E-state index contributed by atoms with van der Waals surface area (Å²) < 4.78 is 11.8. The molecule has 0 bridgehead atoms. The molecule has 0 spiro atoms. The first-order valence-electron chi connectivity index (χ1n) is 8.82. The van der Waals surface area contributed by atoms with E-state index in [1.165, 1.54) is 36.1 Å². The SMILES string of the molecule is CCCCCCOC1=Cc2ccccc2C1C1(CC)COC1. The lowest BCUT2D eigenvalue weighted by atomic mass is 9.69. The first kappa shape index (κ1) is 15.6. The minimum absolute atomic E-state index is 0.238. The van der Waals surface area contributed by atoms with Crippen LogP contribution in [0.4, 0.5) is 0 Å². The molecule has 0 N–H and O–H groups in total. The van der Waals surface area contributed by atoms with Crippen LogP contribution in [-0.4, -0.2) is 19.8 Å². The van der Waals surface area contributed by atoms with E-state index >= 15 is 0 Å². The van der Waals surface area contributed by atoms with Crippen LogP contribution in [0.2, 0.25) is 0 Å². The topological polar surface area (TPSA) is 18.5 Å². The summed E-state index contributed by atoms with van der Waals surface area (Å²) in [5.74, 6) is 1.55. The highest BCUT2D eigenvalue weighted by Crippen LogP contribution is 2.53. The summed E-state index contributed by atoms with van der Waals surface area (Å²) in [6.45, 7) is 7.09. The van der Waals surface area contributed by atoms with Gasteiger partial charge in [-0.2, -0.15) is 0 Å². The molecule has 0 saturated carbocycles. The van der Waals surface area contributed by atoms with Crippen LogP contribution in [0, 0.1) is 5.41 Å². The fourth-order valence-electron chi connectivity index (χ4n) is 3.71. The number of benzene rings is 1. The quantitative estimate of drug-likeness (QED) is 0.618. The zero-order valence-electron chi connectivity index (χ0n) is 13.9. The number of ether oxygens (including phenoxy) is 2. The van der Waals surface area contributed by atoms with Gasteiger partial charge >= 0.3 is 0 Å². The Morgan fingerprint density at radius 1 is 1.14 bits per heavy atom. The van der Waals surface area contributed by atoms with E-state index in [0.29, 0.717) is 5.92 Å². The van der Waals surface area contributed by atoms with Gasteiger partial charge in [-0.05, 0) is 30.0 Å². The van der Waals surface area contributed by atoms with Crippen molar-refractivity contribution in [3.63, 3.8) is 0 Å². The lowest BCUT2D eigenvalue weighted by Crippen LogP contribution is -2.47. The molecule has 1 aliphatic heterocycles. The monoisotopic (exact) mass is 300 g/mol. The molecule has 1 heterocycles. The van der Waals surface area contributed by atoms with E-state index < -0.39 is 0 Å². The van der Waals surface area contributed by atoms with Gasteiger partial charge in [0.25, 0.3) is 0 Å². The van der Waals surface area contributed by atoms with Gasteiger partial charge in [0, 0.05) is 5.41 Å². The molecule has 1 fully saturated rings. The van der Waals surface area contributed by atoms with Crippen molar-refractivity contribution in [2.45, 2.75) is 51.9 Å². The summed E-state index contributed by atoms with van der Waals surface area (Å²) in [7, 11) is 0. The van der Waals surface area contributed by atoms with Crippen molar-refractivity contribution >= 4 is 6.08 Å². The third-order valence-corrected chi connectivity index (χ3v) is 5.25. The normalized spacial score (nSPS) is 21.9. The van der Waals surface area contributed by atoms with Gasteiger partial charge in [0.1, 0.15) is 5.76 Å². The lowest BCUT2D eigenvalue weighted by molar-refractivity contribution is -0.130. The molecule has 1 aliphatic carbocycles. The summed E-state index contributed by atoms with van der Waals surface area (Å²) in [6.07, 6.45) is 8.40. The highest BCUT2D eigenvalue weighted by Gasteiger charge is 2.49. The summed E-state index contributed by atoms with van der Waals surface area (Å²) in [5, 5.41) is 0. The van der Waals surface area contributed by atoms with Gasteiger partial charge in [0.15, 0.2) is 0 Å². The van der Waals surface area contributed by atoms with Gasteiger partial charge in [-0.3, -0.25) is 0 Å². The van der Waals surface area contributed by atoms with E-state index in [-0.39, 0.29) is 5.41 Å². The van der Waals surface area contributed by atoms with Crippen LogP contribution in [0.3, 0.4) is 0 Å². The third-order valence-electron chi connectivity index (χ3n) is 5.25. The van der Waals surface area contributed by atoms with E-state index in [2.05, 4.69) is 44.2 Å². The van der Waals surface area contributed by atoms with Crippen molar-refractivity contribution in [3.05, 3.63) is 41.2 Å². The molecule has 1 aromatic carbocycles. The Hall–Kier alpha value is -1.28. The lowest BCUT2D eigenvalue weighted by Gasteiger charge is -2.46. The van der Waals surface area contributed by atoms with Crippen molar-refractivity contribution in [1.82, 2.24) is 0 Å². The number of fused-ring (bicyclic) bond motifs is 1. The standard InChI is InChI=1S/C20H28O2/c1-3-5-6-9-12-22-18-13-16-10-7-8-11-17(16)19(18)20(4-2)14-21-15-20/h7-8,10-11,13,19H,3-6,9,12,14-15H2,1-2H3. The van der Waals surface area contributed by atoms with Gasteiger partial charge in [-0.15, -0.1) is 0 Å². The maximum absolute atomic E-state index is 6.23. The van der Waals surface area contributed by atoms with E-state index in [9.17, 15) is 0 Å². The fourth-order valence-corrected chi connectivity index (χ4v) is 3.71. The van der Waals surface area contributed by atoms with E-state index in [1.807, 2.05) is 0 Å². The van der Waals surface area contributed by atoms with Crippen LogP contribution in [0.15, 0.2) is 30.0 Å². The smallest absolute Gasteiger partial charge is 0.105 e. The van der Waals surface area contributed by atoms with Gasteiger partial charge in [-0.25, -0.2) is 0 Å². The number of hydrogen-bond acceptors (Lipinski definition) is 2. The molecular formula is C20H28O2. The summed E-state index contributed by atoms with van der Waals surface area (Å²) >= 11 is 0. The van der Waals surface area contributed by atoms with Crippen molar-refractivity contribution in [2.24, 2.45) is 5.41 Å². The van der Waals surface area contributed by atoms with Crippen LogP contribution in [0.25, 0.3) is 6.08 Å². The predicted octanol–water partition coefficient (Wildman–Crippen LogP) is 5.15. The van der Waals surface area contributed by atoms with Crippen LogP contribution < -0.4 is 0 Å². The largest absolute Gasteiger partial charge is 0.497 e. The molecule has 120 valence electrons. The number of allylic oxidation sites excluding steroid dienone is 1. The van der Waals surface area contributed by atoms with E-state index in [0.717, 1.165) is 32.7 Å². The van der Waals surface area contributed by atoms with Gasteiger partial charge in [-0.1, -0.05) is 57.4 Å². The van der Waals surface area contributed by atoms with Crippen LogP contribution in [0.5, 0.6) is 0 Å². The molecular weight excluding hydrogens is 272 g/mol. The van der Waals surface area contributed by atoms with E-state index in [4.69, 9.17) is 9.47 Å². The Labute approximate surface area is 134 Å². The first-order chi connectivity index (χ1) is 10.8. The van der Waals surface area contributed by atoms with Crippen LogP contribution in [0.1, 0.15) is 63.0 Å².